The van der Waals surface area contributed by atoms with Gasteiger partial charge in [0.2, 0.25) is 0 Å². The Morgan fingerprint density at radius 3 is 2.92 bits per heavy atom. The molecule has 0 aliphatic heterocycles. The van der Waals surface area contributed by atoms with Crippen molar-refractivity contribution in [2.75, 3.05) is 0 Å². The SMILES string of the molecule is CC(=O)CCCCn1cnnn1. The van der Waals surface area contributed by atoms with Gasteiger partial charge in [-0.25, -0.2) is 4.68 Å². The van der Waals surface area contributed by atoms with Crippen LogP contribution in [-0.2, 0) is 11.3 Å². The van der Waals surface area contributed by atoms with Gasteiger partial charge in [-0.3, -0.25) is 0 Å². The average Bonchev–Trinajstić information content (AvgIpc) is 2.49. The van der Waals surface area contributed by atoms with Gasteiger partial charge in [-0.05, 0) is 30.2 Å². The lowest BCUT2D eigenvalue weighted by Crippen LogP contribution is -1.99. The van der Waals surface area contributed by atoms with Gasteiger partial charge < -0.3 is 4.79 Å². The van der Waals surface area contributed by atoms with Gasteiger partial charge in [0.05, 0.1) is 0 Å². The fourth-order valence-electron chi connectivity index (χ4n) is 0.930. The van der Waals surface area contributed by atoms with E-state index in [4.69, 9.17) is 0 Å². The van der Waals surface area contributed by atoms with Crippen molar-refractivity contribution < 1.29 is 4.79 Å². The Bertz CT molecular complexity index is 232. The Balaban J connectivity index is 2.07. The number of hydrogen-bond acceptors (Lipinski definition) is 4. The molecule has 5 nitrogen and oxygen atoms in total. The molecule has 0 bridgehead atoms. The lowest BCUT2D eigenvalue weighted by molar-refractivity contribution is -0.117. The van der Waals surface area contributed by atoms with Gasteiger partial charge in [0, 0.05) is 13.0 Å². The molecule has 0 aliphatic rings. The van der Waals surface area contributed by atoms with Crippen molar-refractivity contribution >= 4 is 5.78 Å². The lowest BCUT2D eigenvalue weighted by Gasteiger charge is -1.97. The van der Waals surface area contributed by atoms with Crippen molar-refractivity contribution in [3.8, 4) is 0 Å². The van der Waals surface area contributed by atoms with Gasteiger partial charge >= 0.3 is 0 Å². The highest BCUT2D eigenvalue weighted by Gasteiger charge is 1.95. The number of rotatable bonds is 5. The summed E-state index contributed by atoms with van der Waals surface area (Å²) in [5.74, 6) is 0.242. The summed E-state index contributed by atoms with van der Waals surface area (Å²) in [6.45, 7) is 2.40. The quantitative estimate of drug-likeness (QED) is 0.598. The van der Waals surface area contributed by atoms with Gasteiger partial charge in [0.25, 0.3) is 0 Å². The topological polar surface area (TPSA) is 60.7 Å². The van der Waals surface area contributed by atoms with Crippen LogP contribution in [0.5, 0.6) is 0 Å². The number of hydrogen-bond donors (Lipinski definition) is 0. The highest BCUT2D eigenvalue weighted by molar-refractivity contribution is 5.75. The predicted octanol–water partition coefficient (Wildman–Crippen LogP) is 0.432. The van der Waals surface area contributed by atoms with Gasteiger partial charge in [-0.2, -0.15) is 0 Å². The summed E-state index contributed by atoms with van der Waals surface area (Å²) in [5, 5.41) is 10.7. The molecule has 0 atom stereocenters. The zero-order valence-electron chi connectivity index (χ0n) is 7.10. The summed E-state index contributed by atoms with van der Waals surface area (Å²) in [5.41, 5.74) is 0. The van der Waals surface area contributed by atoms with Crippen LogP contribution in [-0.4, -0.2) is 26.0 Å². The van der Waals surface area contributed by atoms with Crippen LogP contribution in [0.2, 0.25) is 0 Å². The van der Waals surface area contributed by atoms with Crippen LogP contribution in [0.4, 0.5) is 0 Å². The molecular weight excluding hydrogens is 156 g/mol. The first-order valence-electron chi connectivity index (χ1n) is 3.99. The van der Waals surface area contributed by atoms with Crippen LogP contribution < -0.4 is 0 Å². The summed E-state index contributed by atoms with van der Waals surface area (Å²) in [6, 6.07) is 0. The molecule has 1 aromatic rings. The molecule has 0 spiro atoms. The Labute approximate surface area is 70.8 Å². The molecule has 0 saturated heterocycles. The van der Waals surface area contributed by atoms with E-state index in [9.17, 15) is 4.79 Å². The van der Waals surface area contributed by atoms with Crippen molar-refractivity contribution in [3.63, 3.8) is 0 Å². The third-order valence-corrected chi connectivity index (χ3v) is 1.56. The minimum absolute atomic E-state index is 0.242. The number of carbonyl (C=O) groups is 1. The highest BCUT2D eigenvalue weighted by atomic mass is 16.1. The minimum atomic E-state index is 0.242. The number of carbonyl (C=O) groups excluding carboxylic acids is 1. The largest absolute Gasteiger partial charge is 0.300 e. The first kappa shape index (κ1) is 8.83. The molecule has 0 radical (unpaired) electrons. The van der Waals surface area contributed by atoms with E-state index in [2.05, 4.69) is 15.5 Å². The number of aromatic nitrogens is 4. The maximum Gasteiger partial charge on any atom is 0.138 e. The molecule has 0 aliphatic carbocycles. The molecular formula is C7H12N4O. The molecule has 1 aromatic heterocycles. The summed E-state index contributed by atoms with van der Waals surface area (Å²) < 4.78 is 1.67. The van der Waals surface area contributed by atoms with Crippen molar-refractivity contribution in [2.24, 2.45) is 0 Å². The summed E-state index contributed by atoms with van der Waals surface area (Å²) in [4.78, 5) is 10.6. The molecule has 0 saturated carbocycles. The molecule has 0 unspecified atom stereocenters. The molecule has 0 amide bonds. The van der Waals surface area contributed by atoms with Crippen molar-refractivity contribution in [1.29, 1.82) is 0 Å². The van der Waals surface area contributed by atoms with Crippen LogP contribution in [0.1, 0.15) is 26.2 Å². The number of unbranched alkanes of at least 4 members (excludes halogenated alkanes) is 1. The van der Waals surface area contributed by atoms with E-state index in [0.717, 1.165) is 19.4 Å². The maximum absolute atomic E-state index is 10.6. The van der Waals surface area contributed by atoms with Crippen LogP contribution >= 0.6 is 0 Å². The van der Waals surface area contributed by atoms with E-state index in [1.807, 2.05) is 0 Å². The van der Waals surface area contributed by atoms with Crippen molar-refractivity contribution in [3.05, 3.63) is 6.33 Å². The third kappa shape index (κ3) is 3.23. The fraction of sp³-hybridized carbons (Fsp3) is 0.714. The van der Waals surface area contributed by atoms with Crippen LogP contribution in [0, 0.1) is 0 Å². The van der Waals surface area contributed by atoms with Gasteiger partial charge in [-0.1, -0.05) is 0 Å². The summed E-state index contributed by atoms with van der Waals surface area (Å²) >= 11 is 0. The standard InChI is InChI=1S/C7H12N4O/c1-7(12)4-2-3-5-11-6-8-9-10-11/h6H,2-5H2,1H3. The molecule has 0 aromatic carbocycles. The average molecular weight is 168 g/mol. The molecule has 12 heavy (non-hydrogen) atoms. The molecule has 0 N–H and O–H groups in total. The highest BCUT2D eigenvalue weighted by Crippen LogP contribution is 1.97. The van der Waals surface area contributed by atoms with E-state index in [0.29, 0.717) is 6.42 Å². The van der Waals surface area contributed by atoms with Crippen LogP contribution in [0.25, 0.3) is 0 Å². The van der Waals surface area contributed by atoms with Gasteiger partial charge in [0.1, 0.15) is 12.1 Å². The molecule has 5 heteroatoms. The number of ketones is 1. The number of tetrazole rings is 1. The first-order chi connectivity index (χ1) is 5.79. The van der Waals surface area contributed by atoms with Gasteiger partial charge in [-0.15, -0.1) is 5.10 Å². The summed E-state index contributed by atoms with van der Waals surface area (Å²) in [6.07, 6.45) is 4.09. The second-order valence-corrected chi connectivity index (χ2v) is 2.73. The van der Waals surface area contributed by atoms with Crippen molar-refractivity contribution in [2.45, 2.75) is 32.7 Å². The van der Waals surface area contributed by atoms with E-state index < -0.39 is 0 Å². The Morgan fingerprint density at radius 1 is 1.50 bits per heavy atom. The molecule has 0 fully saturated rings. The zero-order valence-corrected chi connectivity index (χ0v) is 7.10. The second-order valence-electron chi connectivity index (χ2n) is 2.73. The van der Waals surface area contributed by atoms with E-state index in [1.54, 1.807) is 17.9 Å². The molecule has 1 rings (SSSR count). The van der Waals surface area contributed by atoms with Crippen LogP contribution in [0.15, 0.2) is 6.33 Å². The van der Waals surface area contributed by atoms with E-state index in [-0.39, 0.29) is 5.78 Å². The zero-order chi connectivity index (χ0) is 8.81. The maximum atomic E-state index is 10.6. The minimum Gasteiger partial charge on any atom is -0.300 e. The van der Waals surface area contributed by atoms with Crippen LogP contribution in [0.3, 0.4) is 0 Å². The smallest absolute Gasteiger partial charge is 0.138 e. The Hall–Kier alpha value is -1.26. The monoisotopic (exact) mass is 168 g/mol. The third-order valence-electron chi connectivity index (χ3n) is 1.56. The number of nitrogens with zero attached hydrogens (tertiary/aromatic N) is 4. The van der Waals surface area contributed by atoms with Gasteiger partial charge in [0.15, 0.2) is 0 Å². The van der Waals surface area contributed by atoms with E-state index >= 15 is 0 Å². The van der Waals surface area contributed by atoms with Crippen molar-refractivity contribution in [1.82, 2.24) is 20.2 Å². The lowest BCUT2D eigenvalue weighted by atomic mass is 10.2. The molecule has 66 valence electrons. The number of aryl methyl sites for hydroxylation is 1. The second kappa shape index (κ2) is 4.58. The number of Topliss-reactive ketones (excluding diaryl/α,β-unsaturated/α-hetero) is 1. The van der Waals surface area contributed by atoms with E-state index in [1.165, 1.54) is 0 Å². The normalized spacial score (nSPS) is 10.1. The fourth-order valence-corrected chi connectivity index (χ4v) is 0.930. The Kier molecular flexibility index (Phi) is 3.37. The summed E-state index contributed by atoms with van der Waals surface area (Å²) in [7, 11) is 0. The Morgan fingerprint density at radius 2 is 2.33 bits per heavy atom. The molecule has 1 heterocycles. The predicted molar refractivity (Wildman–Crippen MR) is 42.3 cm³/mol. The first-order valence-corrected chi connectivity index (χ1v) is 3.99.